The van der Waals surface area contributed by atoms with Crippen molar-refractivity contribution in [3.05, 3.63) is 52.1 Å². The number of anilines is 2. The van der Waals surface area contributed by atoms with Gasteiger partial charge in [-0.05, 0) is 37.2 Å². The molecule has 0 aliphatic carbocycles. The molecule has 2 aliphatic heterocycles. The molecular weight excluding hydrogens is 537 g/mol. The molecule has 2 saturated heterocycles. The molecule has 1 aromatic carbocycles. The van der Waals surface area contributed by atoms with E-state index in [4.69, 9.17) is 14.9 Å². The van der Waals surface area contributed by atoms with Crippen molar-refractivity contribution < 1.29 is 13.5 Å². The normalized spacial score (nSPS) is 18.3. The molecule has 1 atom stereocenters. The highest BCUT2D eigenvalue weighted by atomic mass is 32.1. The van der Waals surface area contributed by atoms with Crippen molar-refractivity contribution in [2.45, 2.75) is 19.1 Å². The Morgan fingerprint density at radius 1 is 1.15 bits per heavy atom. The van der Waals surface area contributed by atoms with Crippen LogP contribution in [0.5, 0.6) is 5.75 Å². The van der Waals surface area contributed by atoms with E-state index in [1.807, 2.05) is 6.07 Å². The molecule has 0 spiro atoms. The number of hydrogen-bond acceptors (Lipinski definition) is 11. The molecule has 1 unspecified atom stereocenters. The largest absolute Gasteiger partial charge is 0.489 e. The third kappa shape index (κ3) is 4.57. The summed E-state index contributed by atoms with van der Waals surface area (Å²) in [6, 6.07) is 8.65. The fourth-order valence-corrected chi connectivity index (χ4v) is 6.26. The summed E-state index contributed by atoms with van der Waals surface area (Å²) >= 11 is 1.08. The molecule has 3 N–H and O–H groups in total. The standard InChI is InChI=1S/C26H28FN9O3S/c27-18-14-16(39-17-5-6-29-15-17)3-4-19(18)34-10-7-33(8-11-34)9-12-35-23-21(40-26(35)37)24-30-22(20-2-1-13-38-20)32-36(24)25(28)31-23/h1-4,13-14,17,29H,5-12,15H2,(H2,28,31). The Balaban J connectivity index is 1.02. The van der Waals surface area contributed by atoms with Crippen LogP contribution in [0.3, 0.4) is 0 Å². The van der Waals surface area contributed by atoms with Crippen molar-refractivity contribution in [3.8, 4) is 17.3 Å². The minimum absolute atomic E-state index is 0.0925. The van der Waals surface area contributed by atoms with Gasteiger partial charge in [-0.2, -0.15) is 9.50 Å². The van der Waals surface area contributed by atoms with Crippen LogP contribution in [-0.2, 0) is 6.54 Å². The second-order valence-electron chi connectivity index (χ2n) is 9.97. The van der Waals surface area contributed by atoms with Crippen molar-refractivity contribution in [1.82, 2.24) is 34.4 Å². The van der Waals surface area contributed by atoms with E-state index in [-0.39, 0.29) is 22.7 Å². The van der Waals surface area contributed by atoms with Gasteiger partial charge in [-0.3, -0.25) is 14.3 Å². The molecule has 0 saturated carbocycles. The van der Waals surface area contributed by atoms with Crippen LogP contribution in [-0.4, -0.2) is 81.0 Å². The maximum atomic E-state index is 14.9. The molecule has 0 amide bonds. The van der Waals surface area contributed by atoms with E-state index in [0.717, 1.165) is 43.9 Å². The van der Waals surface area contributed by atoms with E-state index >= 15 is 0 Å². The second-order valence-corrected chi connectivity index (χ2v) is 10.9. The molecule has 208 valence electrons. The van der Waals surface area contributed by atoms with Gasteiger partial charge in [-0.1, -0.05) is 11.3 Å². The number of aromatic nitrogens is 5. The number of thiazole rings is 1. The second kappa shape index (κ2) is 10.2. The zero-order valence-corrected chi connectivity index (χ0v) is 22.4. The lowest BCUT2D eigenvalue weighted by Crippen LogP contribution is -2.47. The van der Waals surface area contributed by atoms with Gasteiger partial charge in [0.05, 0.1) is 12.0 Å². The minimum Gasteiger partial charge on any atom is -0.489 e. The van der Waals surface area contributed by atoms with E-state index in [1.165, 1.54) is 10.6 Å². The van der Waals surface area contributed by atoms with Crippen molar-refractivity contribution in [1.29, 1.82) is 0 Å². The first-order chi connectivity index (χ1) is 19.5. The van der Waals surface area contributed by atoms with Gasteiger partial charge in [0.1, 0.15) is 22.4 Å². The molecule has 40 heavy (non-hydrogen) atoms. The Morgan fingerprint density at radius 3 is 2.77 bits per heavy atom. The van der Waals surface area contributed by atoms with Gasteiger partial charge in [0, 0.05) is 51.9 Å². The molecule has 5 aromatic rings. The number of nitrogens with one attached hydrogen (secondary N) is 1. The summed E-state index contributed by atoms with van der Waals surface area (Å²) < 4.78 is 29.9. The van der Waals surface area contributed by atoms with Gasteiger partial charge >= 0.3 is 4.87 Å². The fraction of sp³-hybridized carbons (Fsp3) is 0.385. The van der Waals surface area contributed by atoms with Gasteiger partial charge in [0.15, 0.2) is 17.1 Å². The maximum Gasteiger partial charge on any atom is 0.309 e. The highest BCUT2D eigenvalue weighted by Crippen LogP contribution is 2.27. The van der Waals surface area contributed by atoms with Crippen LogP contribution in [0.4, 0.5) is 16.0 Å². The molecule has 0 radical (unpaired) electrons. The van der Waals surface area contributed by atoms with Crippen LogP contribution in [0.1, 0.15) is 6.42 Å². The van der Waals surface area contributed by atoms with Crippen LogP contribution in [0.25, 0.3) is 27.6 Å². The number of furan rings is 1. The van der Waals surface area contributed by atoms with Crippen molar-refractivity contribution in [3.63, 3.8) is 0 Å². The van der Waals surface area contributed by atoms with Crippen LogP contribution < -0.4 is 25.6 Å². The molecule has 7 rings (SSSR count). The predicted octanol–water partition coefficient (Wildman–Crippen LogP) is 2.04. The molecule has 2 fully saturated rings. The zero-order chi connectivity index (χ0) is 27.2. The summed E-state index contributed by atoms with van der Waals surface area (Å²) in [7, 11) is 0. The van der Waals surface area contributed by atoms with Crippen LogP contribution in [0.2, 0.25) is 0 Å². The summed E-state index contributed by atoms with van der Waals surface area (Å²) in [6.07, 6.45) is 2.57. The Labute approximate surface area is 231 Å². The number of piperazine rings is 1. The fourth-order valence-electron chi connectivity index (χ4n) is 5.33. The van der Waals surface area contributed by atoms with Gasteiger partial charge in [-0.15, -0.1) is 5.10 Å². The number of rotatable bonds is 7. The van der Waals surface area contributed by atoms with Gasteiger partial charge in [0.25, 0.3) is 0 Å². The Bertz CT molecular complexity index is 1720. The number of fused-ring (bicyclic) bond motifs is 3. The first-order valence-electron chi connectivity index (χ1n) is 13.3. The summed E-state index contributed by atoms with van der Waals surface area (Å²) in [5.41, 5.74) is 7.74. The highest BCUT2D eigenvalue weighted by Gasteiger charge is 2.23. The third-order valence-corrected chi connectivity index (χ3v) is 8.41. The van der Waals surface area contributed by atoms with Gasteiger partial charge in [-0.25, -0.2) is 9.37 Å². The summed E-state index contributed by atoms with van der Waals surface area (Å²) in [6.45, 7) is 5.69. The summed E-state index contributed by atoms with van der Waals surface area (Å²) in [4.78, 5) is 26.2. The van der Waals surface area contributed by atoms with E-state index in [1.54, 1.807) is 29.0 Å². The zero-order valence-electron chi connectivity index (χ0n) is 21.6. The van der Waals surface area contributed by atoms with E-state index in [9.17, 15) is 9.18 Å². The van der Waals surface area contributed by atoms with Crippen LogP contribution in [0, 0.1) is 5.82 Å². The van der Waals surface area contributed by atoms with Gasteiger partial charge in [0.2, 0.25) is 11.8 Å². The molecule has 6 heterocycles. The Morgan fingerprint density at radius 2 is 2.02 bits per heavy atom. The average Bonchev–Trinajstić information content (AvgIpc) is 3.76. The Hall–Kier alpha value is -4.01. The predicted molar refractivity (Wildman–Crippen MR) is 149 cm³/mol. The number of hydrogen-bond donors (Lipinski definition) is 2. The quantitative estimate of drug-likeness (QED) is 0.302. The van der Waals surface area contributed by atoms with Crippen molar-refractivity contribution >= 4 is 39.0 Å². The smallest absolute Gasteiger partial charge is 0.309 e. The number of benzene rings is 1. The summed E-state index contributed by atoms with van der Waals surface area (Å²) in [5, 5.41) is 7.65. The highest BCUT2D eigenvalue weighted by molar-refractivity contribution is 7.17. The molecular formula is C26H28FN9O3S. The van der Waals surface area contributed by atoms with Crippen LogP contribution >= 0.6 is 11.3 Å². The maximum absolute atomic E-state index is 14.9. The lowest BCUT2D eigenvalue weighted by molar-refractivity contribution is 0.222. The number of halogens is 1. The lowest BCUT2D eigenvalue weighted by atomic mass is 10.2. The first kappa shape index (κ1) is 25.0. The number of nitrogens with two attached hydrogens (primary N) is 1. The van der Waals surface area contributed by atoms with E-state index in [0.29, 0.717) is 65.2 Å². The van der Waals surface area contributed by atoms with Crippen LogP contribution in [0.15, 0.2) is 45.8 Å². The van der Waals surface area contributed by atoms with E-state index < -0.39 is 0 Å². The van der Waals surface area contributed by atoms with Crippen molar-refractivity contribution in [2.24, 2.45) is 0 Å². The molecule has 14 heteroatoms. The number of nitrogen functional groups attached to an aromatic ring is 1. The molecule has 0 bridgehead atoms. The molecule has 12 nitrogen and oxygen atoms in total. The number of ether oxygens (including phenoxy) is 1. The molecule has 4 aromatic heterocycles. The Kier molecular flexibility index (Phi) is 6.37. The summed E-state index contributed by atoms with van der Waals surface area (Å²) in [5.74, 6) is 1.32. The SMILES string of the molecule is Nc1nc2c(sc(=O)n2CCN2CCN(c3ccc(OC4CCNC4)cc3F)CC2)c2nc(-c3ccco3)nn12. The minimum atomic E-state index is -0.271. The van der Waals surface area contributed by atoms with Crippen molar-refractivity contribution in [2.75, 3.05) is 56.4 Å². The van der Waals surface area contributed by atoms with E-state index in [2.05, 4.69) is 30.2 Å². The molecule has 2 aliphatic rings. The van der Waals surface area contributed by atoms with Gasteiger partial charge < -0.3 is 25.1 Å². The lowest BCUT2D eigenvalue weighted by Gasteiger charge is -2.36. The first-order valence-corrected chi connectivity index (χ1v) is 14.1. The average molecular weight is 566 g/mol. The number of nitrogens with zero attached hydrogens (tertiary/aromatic N) is 7. The third-order valence-electron chi connectivity index (χ3n) is 7.45. The monoisotopic (exact) mass is 565 g/mol. The topological polar surface area (TPSA) is 132 Å².